The molecule has 0 aliphatic carbocycles. The van der Waals surface area contributed by atoms with Crippen LogP contribution in [-0.4, -0.2) is 53.9 Å². The van der Waals surface area contributed by atoms with Gasteiger partial charge >= 0.3 is 0 Å². The van der Waals surface area contributed by atoms with E-state index >= 15 is 0 Å². The van der Waals surface area contributed by atoms with Crippen molar-refractivity contribution in [1.29, 1.82) is 0 Å². The van der Waals surface area contributed by atoms with Crippen molar-refractivity contribution in [2.75, 3.05) is 33.4 Å². The van der Waals surface area contributed by atoms with Gasteiger partial charge in [0.15, 0.2) is 0 Å². The second-order valence-corrected chi connectivity index (χ2v) is 6.87. The minimum Gasteiger partial charge on any atom is -0.393 e. The van der Waals surface area contributed by atoms with E-state index < -0.39 is 5.60 Å². The number of likely N-dealkylation sites (N-methyl/N-ethyl adjacent to an activating group) is 1. The first-order chi connectivity index (χ1) is 8.75. The quantitative estimate of drug-likeness (QED) is 0.696. The topological polar surface area (TPSA) is 58.7 Å². The Morgan fingerprint density at radius 1 is 1.42 bits per heavy atom. The molecule has 5 heteroatoms. The monoisotopic (exact) mass is 288 g/mol. The molecule has 19 heavy (non-hydrogen) atoms. The first-order valence-corrected chi connectivity index (χ1v) is 7.45. The summed E-state index contributed by atoms with van der Waals surface area (Å²) >= 11 is 5.07. The molecule has 0 radical (unpaired) electrons. The van der Waals surface area contributed by atoms with E-state index in [0.717, 1.165) is 32.2 Å². The lowest BCUT2D eigenvalue weighted by Crippen LogP contribution is -2.46. The Bertz CT molecular complexity index is 302. The van der Waals surface area contributed by atoms with E-state index in [-0.39, 0.29) is 5.41 Å². The van der Waals surface area contributed by atoms with E-state index in [1.807, 2.05) is 0 Å². The molecule has 0 atom stereocenters. The van der Waals surface area contributed by atoms with E-state index in [1.165, 1.54) is 0 Å². The van der Waals surface area contributed by atoms with Crippen molar-refractivity contribution < 1.29 is 9.84 Å². The largest absolute Gasteiger partial charge is 0.393 e. The number of ether oxygens (including phenoxy) is 1. The van der Waals surface area contributed by atoms with Crippen LogP contribution in [0.25, 0.3) is 0 Å². The molecule has 0 aromatic heterocycles. The highest BCUT2D eigenvalue weighted by Gasteiger charge is 2.31. The van der Waals surface area contributed by atoms with Gasteiger partial charge in [-0.1, -0.05) is 26.1 Å². The summed E-state index contributed by atoms with van der Waals surface area (Å²) in [5, 5.41) is 10.4. The van der Waals surface area contributed by atoms with Crippen LogP contribution in [0, 0.1) is 5.41 Å². The summed E-state index contributed by atoms with van der Waals surface area (Å²) in [7, 11) is 2.06. The molecular weight excluding hydrogens is 260 g/mol. The van der Waals surface area contributed by atoms with Gasteiger partial charge in [0.05, 0.1) is 10.6 Å². The third-order valence-corrected chi connectivity index (χ3v) is 4.55. The Kier molecular flexibility index (Phi) is 6.17. The van der Waals surface area contributed by atoms with Gasteiger partial charge in [-0.2, -0.15) is 0 Å². The van der Waals surface area contributed by atoms with E-state index in [1.54, 1.807) is 0 Å². The van der Waals surface area contributed by atoms with Gasteiger partial charge in [-0.25, -0.2) is 0 Å². The van der Waals surface area contributed by atoms with Gasteiger partial charge in [-0.15, -0.1) is 0 Å². The maximum atomic E-state index is 10.4. The van der Waals surface area contributed by atoms with Gasteiger partial charge in [0.1, 0.15) is 0 Å². The van der Waals surface area contributed by atoms with Crippen molar-refractivity contribution in [2.24, 2.45) is 11.1 Å². The third kappa shape index (κ3) is 5.73. The summed E-state index contributed by atoms with van der Waals surface area (Å²) < 4.78 is 5.29. The molecule has 0 aromatic rings. The Hall–Kier alpha value is -0.230. The van der Waals surface area contributed by atoms with Crippen LogP contribution in [0.4, 0.5) is 0 Å². The summed E-state index contributed by atoms with van der Waals surface area (Å²) in [6.07, 6.45) is 3.48. The predicted octanol–water partition coefficient (Wildman–Crippen LogP) is 1.55. The summed E-state index contributed by atoms with van der Waals surface area (Å²) in [4.78, 5) is 2.78. The number of hydrogen-bond donors (Lipinski definition) is 2. The van der Waals surface area contributed by atoms with Crippen LogP contribution in [-0.2, 0) is 4.74 Å². The smallest absolute Gasteiger partial charge is 0.0817 e. The SMILES string of the molecule is CN(CCCC(C)(C)C(N)=S)CC1(O)CCOCC1. The first-order valence-electron chi connectivity index (χ1n) is 7.04. The molecule has 0 unspecified atom stereocenters. The third-order valence-electron chi connectivity index (χ3n) is 4.00. The van der Waals surface area contributed by atoms with Crippen LogP contribution in [0.15, 0.2) is 0 Å². The summed E-state index contributed by atoms with van der Waals surface area (Å²) in [6.45, 7) is 7.17. The Morgan fingerprint density at radius 2 is 2.00 bits per heavy atom. The average molecular weight is 288 g/mol. The van der Waals surface area contributed by atoms with E-state index in [4.69, 9.17) is 22.7 Å². The molecule has 0 saturated carbocycles. The summed E-state index contributed by atoms with van der Waals surface area (Å²) in [5.41, 5.74) is 5.07. The van der Waals surface area contributed by atoms with Gasteiger partial charge in [0.25, 0.3) is 0 Å². The standard InChI is InChI=1S/C14H28N2O2S/c1-13(2,12(15)19)5-4-8-16(3)11-14(17)6-9-18-10-7-14/h17H,4-11H2,1-3H3,(H2,15,19). The number of nitrogens with zero attached hydrogens (tertiary/aromatic N) is 1. The molecule has 112 valence electrons. The van der Waals surface area contributed by atoms with Gasteiger partial charge in [-0.3, -0.25) is 0 Å². The van der Waals surface area contributed by atoms with Crippen LogP contribution in [0.3, 0.4) is 0 Å². The van der Waals surface area contributed by atoms with Gasteiger partial charge in [0.2, 0.25) is 0 Å². The van der Waals surface area contributed by atoms with E-state index in [0.29, 0.717) is 24.7 Å². The molecule has 1 aliphatic rings. The zero-order valence-corrected chi connectivity index (χ0v) is 13.3. The molecule has 4 nitrogen and oxygen atoms in total. The van der Waals surface area contributed by atoms with Gasteiger partial charge in [-0.05, 0) is 26.4 Å². The lowest BCUT2D eigenvalue weighted by atomic mass is 9.87. The molecule has 1 saturated heterocycles. The highest BCUT2D eigenvalue weighted by Crippen LogP contribution is 2.24. The van der Waals surface area contributed by atoms with Crippen molar-refractivity contribution in [3.8, 4) is 0 Å². The molecule has 0 bridgehead atoms. The number of hydrogen-bond acceptors (Lipinski definition) is 4. The minimum atomic E-state index is -0.578. The molecule has 1 rings (SSSR count). The van der Waals surface area contributed by atoms with Crippen molar-refractivity contribution in [2.45, 2.75) is 45.1 Å². The van der Waals surface area contributed by atoms with Crippen molar-refractivity contribution in [3.63, 3.8) is 0 Å². The fraction of sp³-hybridized carbons (Fsp3) is 0.929. The van der Waals surface area contributed by atoms with Crippen molar-refractivity contribution in [3.05, 3.63) is 0 Å². The number of nitrogens with two attached hydrogens (primary N) is 1. The minimum absolute atomic E-state index is 0.0776. The Balaban J connectivity index is 2.28. The molecule has 1 heterocycles. The number of aliphatic hydroxyl groups is 1. The maximum absolute atomic E-state index is 10.4. The number of thiocarbonyl (C=S) groups is 1. The predicted molar refractivity (Wildman–Crippen MR) is 82.3 cm³/mol. The van der Waals surface area contributed by atoms with E-state index in [2.05, 4.69) is 25.8 Å². The number of rotatable bonds is 7. The highest BCUT2D eigenvalue weighted by molar-refractivity contribution is 7.80. The lowest BCUT2D eigenvalue weighted by Gasteiger charge is -2.35. The van der Waals surface area contributed by atoms with Gasteiger partial charge in [0, 0.05) is 38.0 Å². The zero-order valence-electron chi connectivity index (χ0n) is 12.4. The van der Waals surface area contributed by atoms with Crippen LogP contribution < -0.4 is 5.73 Å². The fourth-order valence-electron chi connectivity index (χ4n) is 2.41. The average Bonchev–Trinajstić information content (AvgIpc) is 2.28. The zero-order chi connectivity index (χ0) is 14.5. The van der Waals surface area contributed by atoms with Crippen molar-refractivity contribution >= 4 is 17.2 Å². The van der Waals surface area contributed by atoms with Crippen LogP contribution >= 0.6 is 12.2 Å². The summed E-state index contributed by atoms with van der Waals surface area (Å²) in [6, 6.07) is 0. The normalized spacial score (nSPS) is 19.6. The van der Waals surface area contributed by atoms with Crippen LogP contribution in [0.1, 0.15) is 39.5 Å². The molecule has 0 amide bonds. The molecular formula is C14H28N2O2S. The second kappa shape index (κ2) is 6.97. The first kappa shape index (κ1) is 16.8. The van der Waals surface area contributed by atoms with Gasteiger partial charge < -0.3 is 20.5 Å². The lowest BCUT2D eigenvalue weighted by molar-refractivity contribution is -0.0769. The Labute approximate surface area is 122 Å². The summed E-state index contributed by atoms with van der Waals surface area (Å²) in [5.74, 6) is 0. The maximum Gasteiger partial charge on any atom is 0.0817 e. The molecule has 3 N–H and O–H groups in total. The Morgan fingerprint density at radius 3 is 2.53 bits per heavy atom. The molecule has 0 spiro atoms. The molecule has 1 fully saturated rings. The highest BCUT2D eigenvalue weighted by atomic mass is 32.1. The molecule has 1 aliphatic heterocycles. The van der Waals surface area contributed by atoms with E-state index in [9.17, 15) is 5.11 Å². The molecule has 0 aromatic carbocycles. The van der Waals surface area contributed by atoms with Crippen LogP contribution in [0.5, 0.6) is 0 Å². The van der Waals surface area contributed by atoms with Crippen LogP contribution in [0.2, 0.25) is 0 Å². The fourth-order valence-corrected chi connectivity index (χ4v) is 2.51. The second-order valence-electron chi connectivity index (χ2n) is 6.43. The van der Waals surface area contributed by atoms with Crippen molar-refractivity contribution in [1.82, 2.24) is 4.90 Å².